The second-order valence-electron chi connectivity index (χ2n) is 5.01. The van der Waals surface area contributed by atoms with Crippen molar-refractivity contribution in [2.75, 3.05) is 32.2 Å². The van der Waals surface area contributed by atoms with Gasteiger partial charge < -0.3 is 9.64 Å². The Morgan fingerprint density at radius 1 is 1.32 bits per heavy atom. The molecule has 0 fully saturated rings. The molecular formula is C15H17FN4OS. The zero-order valence-electron chi connectivity index (χ0n) is 12.5. The maximum Gasteiger partial charge on any atom is 0.214 e. The van der Waals surface area contributed by atoms with Gasteiger partial charge in [0.15, 0.2) is 0 Å². The quantitative estimate of drug-likeness (QED) is 0.655. The second kappa shape index (κ2) is 6.41. The molecule has 0 saturated carbocycles. The highest BCUT2D eigenvalue weighted by Gasteiger charge is 2.12. The highest BCUT2D eigenvalue weighted by atomic mass is 32.1. The Morgan fingerprint density at radius 2 is 2.09 bits per heavy atom. The molecular weight excluding hydrogens is 303 g/mol. The number of halogens is 1. The third-order valence-electron chi connectivity index (χ3n) is 3.34. The van der Waals surface area contributed by atoms with Gasteiger partial charge in [0, 0.05) is 32.9 Å². The number of nitrogens with zero attached hydrogens (tertiary/aromatic N) is 4. The van der Waals surface area contributed by atoms with Gasteiger partial charge >= 0.3 is 0 Å². The molecule has 2 aromatic heterocycles. The number of anilines is 1. The van der Waals surface area contributed by atoms with Gasteiger partial charge in [0.2, 0.25) is 10.1 Å². The van der Waals surface area contributed by atoms with Gasteiger partial charge in [-0.25, -0.2) is 13.9 Å². The lowest BCUT2D eigenvalue weighted by Gasteiger charge is -2.14. The maximum atomic E-state index is 13.0. The van der Waals surface area contributed by atoms with E-state index in [4.69, 9.17) is 4.74 Å². The van der Waals surface area contributed by atoms with E-state index in [1.54, 1.807) is 23.8 Å². The summed E-state index contributed by atoms with van der Waals surface area (Å²) in [7, 11) is 3.71. The van der Waals surface area contributed by atoms with Gasteiger partial charge in [0.1, 0.15) is 5.82 Å². The number of hydrogen-bond acceptors (Lipinski definition) is 5. The van der Waals surface area contributed by atoms with Crippen LogP contribution in [-0.4, -0.2) is 41.9 Å². The second-order valence-corrected chi connectivity index (χ2v) is 5.95. The van der Waals surface area contributed by atoms with Gasteiger partial charge in [-0.05, 0) is 30.7 Å². The molecule has 7 heteroatoms. The van der Waals surface area contributed by atoms with E-state index in [1.165, 1.54) is 23.5 Å². The molecule has 0 radical (unpaired) electrons. The maximum absolute atomic E-state index is 13.0. The van der Waals surface area contributed by atoms with Crippen molar-refractivity contribution in [2.45, 2.75) is 6.42 Å². The molecule has 2 heterocycles. The van der Waals surface area contributed by atoms with Crippen LogP contribution in [0.2, 0.25) is 0 Å². The van der Waals surface area contributed by atoms with E-state index in [0.717, 1.165) is 40.9 Å². The first-order valence-corrected chi connectivity index (χ1v) is 7.81. The highest BCUT2D eigenvalue weighted by molar-refractivity contribution is 7.20. The Morgan fingerprint density at radius 3 is 2.77 bits per heavy atom. The van der Waals surface area contributed by atoms with Crippen LogP contribution in [0.5, 0.6) is 0 Å². The van der Waals surface area contributed by atoms with Crippen LogP contribution in [0.1, 0.15) is 6.42 Å². The van der Waals surface area contributed by atoms with Crippen LogP contribution in [0.25, 0.3) is 16.2 Å². The third-order valence-corrected chi connectivity index (χ3v) is 4.38. The molecule has 3 aromatic rings. The third kappa shape index (κ3) is 3.10. The number of aromatic nitrogens is 3. The first kappa shape index (κ1) is 14.9. The summed E-state index contributed by atoms with van der Waals surface area (Å²) in [5.41, 5.74) is 1.68. The van der Waals surface area contributed by atoms with Crippen molar-refractivity contribution < 1.29 is 9.13 Å². The molecule has 0 unspecified atom stereocenters. The average molecular weight is 320 g/mol. The number of benzene rings is 1. The van der Waals surface area contributed by atoms with Gasteiger partial charge in [0.25, 0.3) is 0 Å². The lowest BCUT2D eigenvalue weighted by atomic mass is 10.2. The molecule has 116 valence electrons. The zero-order valence-corrected chi connectivity index (χ0v) is 13.3. The van der Waals surface area contributed by atoms with Gasteiger partial charge in [-0.1, -0.05) is 11.3 Å². The van der Waals surface area contributed by atoms with E-state index in [0.29, 0.717) is 0 Å². The standard InChI is InChI=1S/C15H17FN4OS/c1-19(8-3-9-21-2)15-18-20-10-13(17-14(20)22-15)11-4-6-12(16)7-5-11/h4-7,10H,3,8-9H2,1-2H3. The minimum Gasteiger partial charge on any atom is -0.385 e. The van der Waals surface area contributed by atoms with E-state index in [2.05, 4.69) is 15.0 Å². The number of methoxy groups -OCH3 is 1. The van der Waals surface area contributed by atoms with Crippen LogP contribution in [0.4, 0.5) is 9.52 Å². The molecule has 0 aliphatic heterocycles. The van der Waals surface area contributed by atoms with Crippen LogP contribution in [-0.2, 0) is 4.74 Å². The molecule has 22 heavy (non-hydrogen) atoms. The average Bonchev–Trinajstić information content (AvgIpc) is 3.07. The number of rotatable bonds is 6. The van der Waals surface area contributed by atoms with E-state index in [1.807, 2.05) is 13.2 Å². The Labute approximate surface area is 132 Å². The van der Waals surface area contributed by atoms with Crippen LogP contribution in [0, 0.1) is 5.82 Å². The van der Waals surface area contributed by atoms with Gasteiger partial charge in [-0.2, -0.15) is 0 Å². The van der Waals surface area contributed by atoms with Crippen molar-refractivity contribution in [1.82, 2.24) is 14.6 Å². The summed E-state index contributed by atoms with van der Waals surface area (Å²) in [6, 6.07) is 6.32. The van der Waals surface area contributed by atoms with Crippen LogP contribution >= 0.6 is 11.3 Å². The molecule has 0 spiro atoms. The minimum atomic E-state index is -0.247. The van der Waals surface area contributed by atoms with Crippen molar-refractivity contribution >= 4 is 21.4 Å². The van der Waals surface area contributed by atoms with Gasteiger partial charge in [-0.15, -0.1) is 5.10 Å². The molecule has 3 rings (SSSR count). The monoisotopic (exact) mass is 320 g/mol. The summed E-state index contributed by atoms with van der Waals surface area (Å²) in [4.78, 5) is 7.48. The summed E-state index contributed by atoms with van der Waals surface area (Å²) in [6.45, 7) is 1.62. The van der Waals surface area contributed by atoms with Crippen LogP contribution in [0.15, 0.2) is 30.5 Å². The molecule has 1 aromatic carbocycles. The summed E-state index contributed by atoms with van der Waals surface area (Å²) in [5, 5.41) is 5.46. The first-order valence-electron chi connectivity index (χ1n) is 6.99. The Bertz CT molecular complexity index is 721. The lowest BCUT2D eigenvalue weighted by Crippen LogP contribution is -2.19. The molecule has 0 atom stereocenters. The molecule has 0 amide bonds. The van der Waals surface area contributed by atoms with E-state index in [-0.39, 0.29) is 5.82 Å². The van der Waals surface area contributed by atoms with E-state index < -0.39 is 0 Å². The largest absolute Gasteiger partial charge is 0.385 e. The summed E-state index contributed by atoms with van der Waals surface area (Å²) in [6.07, 6.45) is 2.82. The number of ether oxygens (including phenoxy) is 1. The summed E-state index contributed by atoms with van der Waals surface area (Å²) < 4.78 is 19.8. The molecule has 5 nitrogen and oxygen atoms in total. The SMILES string of the molecule is COCCCN(C)c1nn2cc(-c3ccc(F)cc3)nc2s1. The number of fused-ring (bicyclic) bond motifs is 1. The molecule has 0 N–H and O–H groups in total. The van der Waals surface area contributed by atoms with Crippen molar-refractivity contribution in [3.05, 3.63) is 36.3 Å². The summed E-state index contributed by atoms with van der Waals surface area (Å²) in [5.74, 6) is -0.247. The zero-order chi connectivity index (χ0) is 15.5. The van der Waals surface area contributed by atoms with Gasteiger partial charge in [-0.3, -0.25) is 0 Å². The molecule has 0 aliphatic rings. The topological polar surface area (TPSA) is 42.7 Å². The normalized spacial score (nSPS) is 11.2. The first-order chi connectivity index (χ1) is 10.7. The Balaban J connectivity index is 1.78. The van der Waals surface area contributed by atoms with Crippen molar-refractivity contribution in [3.8, 4) is 11.3 Å². The lowest BCUT2D eigenvalue weighted by molar-refractivity contribution is 0.196. The predicted molar refractivity (Wildman–Crippen MR) is 86.0 cm³/mol. The molecule has 0 saturated heterocycles. The Kier molecular flexibility index (Phi) is 4.35. The highest BCUT2D eigenvalue weighted by Crippen LogP contribution is 2.26. The number of imidazole rings is 1. The van der Waals surface area contributed by atoms with E-state index >= 15 is 0 Å². The predicted octanol–water partition coefficient (Wildman–Crippen LogP) is 3.07. The van der Waals surface area contributed by atoms with Gasteiger partial charge in [0.05, 0.1) is 11.9 Å². The molecule has 0 bridgehead atoms. The van der Waals surface area contributed by atoms with Crippen LogP contribution < -0.4 is 4.90 Å². The van der Waals surface area contributed by atoms with Crippen molar-refractivity contribution in [2.24, 2.45) is 0 Å². The summed E-state index contributed by atoms with van der Waals surface area (Å²) >= 11 is 1.53. The van der Waals surface area contributed by atoms with Crippen molar-refractivity contribution in [3.63, 3.8) is 0 Å². The fraction of sp³-hybridized carbons (Fsp3) is 0.333. The van der Waals surface area contributed by atoms with Crippen LogP contribution in [0.3, 0.4) is 0 Å². The smallest absolute Gasteiger partial charge is 0.214 e. The molecule has 0 aliphatic carbocycles. The fourth-order valence-electron chi connectivity index (χ4n) is 2.15. The van der Waals surface area contributed by atoms with E-state index in [9.17, 15) is 4.39 Å². The Hall–Kier alpha value is -1.99. The number of hydrogen-bond donors (Lipinski definition) is 0. The fourth-order valence-corrected chi connectivity index (χ4v) is 3.02. The minimum absolute atomic E-state index is 0.247. The van der Waals surface area contributed by atoms with Crippen molar-refractivity contribution in [1.29, 1.82) is 0 Å².